The largest absolute Gasteiger partial charge is 0.461 e. The molecular weight excluding hydrogens is 573 g/mol. The summed E-state index contributed by atoms with van der Waals surface area (Å²) >= 11 is 12.2. The number of rotatable bonds is 9. The third kappa shape index (κ3) is 6.99. The van der Waals surface area contributed by atoms with Crippen LogP contribution in [0.15, 0.2) is 65.0 Å². The van der Waals surface area contributed by atoms with Crippen molar-refractivity contribution in [2.75, 3.05) is 51.3 Å². The number of nitro groups is 1. The van der Waals surface area contributed by atoms with Crippen molar-refractivity contribution in [1.29, 1.82) is 0 Å². The van der Waals surface area contributed by atoms with Gasteiger partial charge in [-0.2, -0.15) is 0 Å². The van der Waals surface area contributed by atoms with E-state index in [9.17, 15) is 19.7 Å². The highest BCUT2D eigenvalue weighted by molar-refractivity contribution is 6.42. The summed E-state index contributed by atoms with van der Waals surface area (Å²) in [7, 11) is 1.30. The van der Waals surface area contributed by atoms with Gasteiger partial charge in [0.05, 0.1) is 39.1 Å². The van der Waals surface area contributed by atoms with Gasteiger partial charge in [-0.25, -0.2) is 10.3 Å². The van der Waals surface area contributed by atoms with Gasteiger partial charge in [-0.05, 0) is 37.6 Å². The highest BCUT2D eigenvalue weighted by Gasteiger charge is 2.38. The first-order valence-corrected chi connectivity index (χ1v) is 13.7. The molecule has 1 amide bonds. The Morgan fingerprint density at radius 1 is 1.05 bits per heavy atom. The SMILES string of the molecule is CONC(=O)C1=C(C)NC(C)=C(C(=O)OCCN2CCN(c3ccc(Cl)c(Cl)c3)CC2)C1c1cccc([N+](=O)[O-])c1. The maximum absolute atomic E-state index is 13.5. The van der Waals surface area contributed by atoms with Gasteiger partial charge in [-0.3, -0.25) is 24.6 Å². The summed E-state index contributed by atoms with van der Waals surface area (Å²) < 4.78 is 5.70. The third-order valence-electron chi connectivity index (χ3n) is 7.12. The fraction of sp³-hybridized carbons (Fsp3) is 0.357. The minimum absolute atomic E-state index is 0.131. The summed E-state index contributed by atoms with van der Waals surface area (Å²) in [4.78, 5) is 46.7. The molecule has 218 valence electrons. The highest BCUT2D eigenvalue weighted by Crippen LogP contribution is 2.39. The van der Waals surface area contributed by atoms with Gasteiger partial charge in [-0.15, -0.1) is 0 Å². The number of benzene rings is 2. The Morgan fingerprint density at radius 3 is 2.41 bits per heavy atom. The Bertz CT molecular complexity index is 1400. The second kappa shape index (κ2) is 13.3. The van der Waals surface area contributed by atoms with Gasteiger partial charge in [0.15, 0.2) is 0 Å². The summed E-state index contributed by atoms with van der Waals surface area (Å²) in [6.45, 7) is 7.13. The Labute approximate surface area is 247 Å². The Balaban J connectivity index is 1.46. The van der Waals surface area contributed by atoms with E-state index >= 15 is 0 Å². The number of anilines is 1. The Morgan fingerprint density at radius 2 is 1.76 bits per heavy atom. The number of carbonyl (C=O) groups excluding carboxylic acids is 2. The number of hydrogen-bond donors (Lipinski definition) is 2. The first kappa shape index (κ1) is 30.3. The molecule has 0 bridgehead atoms. The molecule has 2 aromatic rings. The first-order chi connectivity index (χ1) is 19.6. The summed E-state index contributed by atoms with van der Waals surface area (Å²) in [6.07, 6.45) is 0. The summed E-state index contributed by atoms with van der Waals surface area (Å²) in [5, 5.41) is 15.6. The molecular formula is C28H31Cl2N5O6. The minimum atomic E-state index is -0.909. The van der Waals surface area contributed by atoms with Crippen LogP contribution in [0.3, 0.4) is 0 Å². The van der Waals surface area contributed by atoms with E-state index in [-0.39, 0.29) is 23.4 Å². The topological polar surface area (TPSA) is 126 Å². The van der Waals surface area contributed by atoms with Crippen LogP contribution >= 0.6 is 23.2 Å². The number of esters is 1. The fourth-order valence-electron chi connectivity index (χ4n) is 5.12. The zero-order valence-electron chi connectivity index (χ0n) is 22.9. The van der Waals surface area contributed by atoms with Crippen LogP contribution in [-0.2, 0) is 19.2 Å². The lowest BCUT2D eigenvalue weighted by atomic mass is 9.80. The molecule has 0 saturated carbocycles. The van der Waals surface area contributed by atoms with Gasteiger partial charge in [0.2, 0.25) is 0 Å². The van der Waals surface area contributed by atoms with Gasteiger partial charge in [0.25, 0.3) is 11.6 Å². The average molecular weight is 604 g/mol. The molecule has 0 radical (unpaired) electrons. The van der Waals surface area contributed by atoms with E-state index in [0.29, 0.717) is 33.5 Å². The van der Waals surface area contributed by atoms with E-state index in [1.165, 1.54) is 25.3 Å². The number of dihydropyridines is 1. The number of amides is 1. The van der Waals surface area contributed by atoms with Gasteiger partial charge in [0.1, 0.15) is 6.61 Å². The number of nitrogens with zero attached hydrogens (tertiary/aromatic N) is 3. The van der Waals surface area contributed by atoms with Crippen LogP contribution in [0, 0.1) is 10.1 Å². The number of ether oxygens (including phenoxy) is 1. The molecule has 2 heterocycles. The number of allylic oxidation sites excluding steroid dienone is 2. The molecule has 4 rings (SSSR count). The van der Waals surface area contributed by atoms with Gasteiger partial charge in [-0.1, -0.05) is 35.3 Å². The molecule has 0 aromatic heterocycles. The molecule has 13 heteroatoms. The monoisotopic (exact) mass is 603 g/mol. The third-order valence-corrected chi connectivity index (χ3v) is 7.85. The van der Waals surface area contributed by atoms with Crippen LogP contribution in [0.2, 0.25) is 10.0 Å². The number of non-ortho nitro benzene ring substituents is 1. The minimum Gasteiger partial charge on any atom is -0.461 e. The number of piperazine rings is 1. The van der Waals surface area contributed by atoms with E-state index in [0.717, 1.165) is 31.9 Å². The number of carbonyl (C=O) groups is 2. The lowest BCUT2D eigenvalue weighted by Gasteiger charge is -2.36. The van der Waals surface area contributed by atoms with Gasteiger partial charge in [0, 0.05) is 61.9 Å². The van der Waals surface area contributed by atoms with Crippen LogP contribution in [0.4, 0.5) is 11.4 Å². The van der Waals surface area contributed by atoms with E-state index in [2.05, 4.69) is 20.6 Å². The molecule has 1 fully saturated rings. The summed E-state index contributed by atoms with van der Waals surface area (Å²) in [5.74, 6) is -2.10. The Hall–Kier alpha value is -3.64. The fourth-order valence-corrected chi connectivity index (χ4v) is 5.41. The van der Waals surface area contributed by atoms with Crippen LogP contribution in [0.25, 0.3) is 0 Å². The molecule has 2 aliphatic heterocycles. The van der Waals surface area contributed by atoms with Gasteiger partial charge >= 0.3 is 5.97 Å². The lowest BCUT2D eigenvalue weighted by Crippen LogP contribution is -2.47. The predicted octanol–water partition coefficient (Wildman–Crippen LogP) is 4.18. The summed E-state index contributed by atoms with van der Waals surface area (Å²) in [6, 6.07) is 11.4. The van der Waals surface area contributed by atoms with Crippen molar-refractivity contribution in [2.45, 2.75) is 19.8 Å². The maximum atomic E-state index is 13.5. The van der Waals surface area contributed by atoms with Crippen molar-refractivity contribution in [3.05, 3.63) is 90.7 Å². The standard InChI is InChI=1S/C28H31Cl2N5O6/c1-17-24(27(36)32-40-3)26(19-5-4-6-21(15-19)35(38)39)25(18(2)31-17)28(37)41-14-13-33-9-11-34(12-10-33)20-7-8-22(29)23(30)16-20/h4-8,15-16,26,31H,9-14H2,1-3H3,(H,32,36). The smallest absolute Gasteiger partial charge is 0.336 e. The van der Waals surface area contributed by atoms with Crippen molar-refractivity contribution >= 4 is 46.5 Å². The number of hydroxylamine groups is 1. The molecule has 1 atom stereocenters. The van der Waals surface area contributed by atoms with E-state index in [1.807, 2.05) is 12.1 Å². The molecule has 11 nitrogen and oxygen atoms in total. The number of nitrogens with one attached hydrogen (secondary N) is 2. The van der Waals surface area contributed by atoms with Crippen molar-refractivity contribution in [3.8, 4) is 0 Å². The van der Waals surface area contributed by atoms with Crippen LogP contribution in [0.5, 0.6) is 0 Å². The lowest BCUT2D eigenvalue weighted by molar-refractivity contribution is -0.384. The zero-order valence-corrected chi connectivity index (χ0v) is 24.4. The number of halogens is 2. The number of nitro benzene ring substituents is 1. The van der Waals surface area contributed by atoms with E-state index in [1.54, 1.807) is 26.0 Å². The van der Waals surface area contributed by atoms with Crippen molar-refractivity contribution in [2.24, 2.45) is 0 Å². The highest BCUT2D eigenvalue weighted by atomic mass is 35.5. The molecule has 41 heavy (non-hydrogen) atoms. The Kier molecular flexibility index (Phi) is 9.87. The molecule has 2 N–H and O–H groups in total. The van der Waals surface area contributed by atoms with Crippen molar-refractivity contribution in [1.82, 2.24) is 15.7 Å². The van der Waals surface area contributed by atoms with Crippen LogP contribution in [0.1, 0.15) is 25.3 Å². The van der Waals surface area contributed by atoms with Gasteiger partial charge < -0.3 is 15.0 Å². The molecule has 1 saturated heterocycles. The quantitative estimate of drug-likeness (QED) is 0.246. The number of hydrogen-bond acceptors (Lipinski definition) is 9. The maximum Gasteiger partial charge on any atom is 0.336 e. The van der Waals surface area contributed by atoms with Crippen molar-refractivity contribution in [3.63, 3.8) is 0 Å². The molecule has 0 spiro atoms. The zero-order chi connectivity index (χ0) is 29.7. The summed E-state index contributed by atoms with van der Waals surface area (Å²) in [5.41, 5.74) is 4.93. The van der Waals surface area contributed by atoms with E-state index < -0.39 is 22.7 Å². The molecule has 0 aliphatic carbocycles. The predicted molar refractivity (Wildman–Crippen MR) is 156 cm³/mol. The van der Waals surface area contributed by atoms with E-state index in [4.69, 9.17) is 32.8 Å². The normalized spacial score (nSPS) is 17.8. The molecule has 2 aromatic carbocycles. The van der Waals surface area contributed by atoms with Crippen LogP contribution < -0.4 is 15.7 Å². The second-order valence-corrected chi connectivity index (χ2v) is 10.5. The van der Waals surface area contributed by atoms with Crippen molar-refractivity contribution < 1.29 is 24.1 Å². The second-order valence-electron chi connectivity index (χ2n) is 9.69. The first-order valence-electron chi connectivity index (χ1n) is 13.0. The molecule has 1 unspecified atom stereocenters. The molecule has 2 aliphatic rings. The van der Waals surface area contributed by atoms with Crippen LogP contribution in [-0.4, -0.2) is 68.1 Å². The average Bonchev–Trinajstić information content (AvgIpc) is 2.94.